The van der Waals surface area contributed by atoms with Gasteiger partial charge in [0.25, 0.3) is 0 Å². The topological polar surface area (TPSA) is 44.7 Å². The number of allylic oxidation sites excluding steroid dienone is 3. The molecule has 4 rings (SSSR count). The van der Waals surface area contributed by atoms with Crippen LogP contribution in [0.1, 0.15) is 19.3 Å². The molecule has 3 atom stereocenters. The molecule has 1 saturated heterocycles. The number of rotatable bonds is 2. The largest absolute Gasteiger partial charge is 0.293 e. The van der Waals surface area contributed by atoms with Crippen molar-refractivity contribution in [1.29, 1.82) is 0 Å². The molecule has 1 amide bonds. The molecule has 4 aliphatic rings. The van der Waals surface area contributed by atoms with Gasteiger partial charge in [0.1, 0.15) is 0 Å². The van der Waals surface area contributed by atoms with Crippen LogP contribution < -0.4 is 5.43 Å². The molecule has 1 aliphatic carbocycles. The zero-order chi connectivity index (χ0) is 14.3. The van der Waals surface area contributed by atoms with E-state index < -0.39 is 0 Å². The molecule has 0 saturated carbocycles. The van der Waals surface area contributed by atoms with Crippen LogP contribution in [0.2, 0.25) is 0 Å². The predicted octanol–water partition coefficient (Wildman–Crippen LogP) is 2.27. The summed E-state index contributed by atoms with van der Waals surface area (Å²) in [7, 11) is 0. The van der Waals surface area contributed by atoms with E-state index in [2.05, 4.69) is 34.7 Å². The number of carbonyl (C=O) groups excluding carboxylic acids is 1. The van der Waals surface area contributed by atoms with Gasteiger partial charge in [-0.05, 0) is 12.8 Å². The third-order valence-electron chi connectivity index (χ3n) is 4.82. The van der Waals surface area contributed by atoms with Gasteiger partial charge in [-0.2, -0.15) is 0 Å². The van der Waals surface area contributed by atoms with Crippen molar-refractivity contribution in [2.45, 2.75) is 24.0 Å². The smallest absolute Gasteiger partial charge is 0.243 e. The maximum Gasteiger partial charge on any atom is 0.243 e. The van der Waals surface area contributed by atoms with E-state index in [1.807, 2.05) is 29.2 Å². The fraction of sp³-hybridized carbons (Fsp3) is 0.500. The summed E-state index contributed by atoms with van der Waals surface area (Å²) in [6.07, 6.45) is 15.5. The average Bonchev–Trinajstić information content (AvgIpc) is 3.13. The van der Waals surface area contributed by atoms with E-state index in [9.17, 15) is 4.79 Å². The molecule has 21 heavy (non-hydrogen) atoms. The van der Waals surface area contributed by atoms with Gasteiger partial charge in [0.15, 0.2) is 0 Å². The van der Waals surface area contributed by atoms with E-state index in [0.29, 0.717) is 0 Å². The van der Waals surface area contributed by atoms with Crippen molar-refractivity contribution in [3.8, 4) is 0 Å². The molecular formula is C16H19N3OS. The Hall–Kier alpha value is -1.49. The van der Waals surface area contributed by atoms with Crippen molar-refractivity contribution in [2.75, 3.05) is 12.3 Å². The lowest BCUT2D eigenvalue weighted by Gasteiger charge is -2.38. The number of thioether (sulfide) groups is 1. The van der Waals surface area contributed by atoms with Crippen LogP contribution in [-0.4, -0.2) is 33.7 Å². The van der Waals surface area contributed by atoms with Crippen LogP contribution in [0.5, 0.6) is 0 Å². The maximum absolute atomic E-state index is 12.6. The van der Waals surface area contributed by atoms with Crippen molar-refractivity contribution in [3.63, 3.8) is 0 Å². The van der Waals surface area contributed by atoms with Gasteiger partial charge in [-0.15, -0.1) is 11.8 Å². The van der Waals surface area contributed by atoms with Crippen LogP contribution in [0.25, 0.3) is 0 Å². The third-order valence-corrected chi connectivity index (χ3v) is 6.53. The van der Waals surface area contributed by atoms with Gasteiger partial charge in [0, 0.05) is 42.7 Å². The van der Waals surface area contributed by atoms with E-state index in [1.54, 1.807) is 0 Å². The second kappa shape index (κ2) is 5.05. The minimum atomic E-state index is 0.0341. The highest BCUT2D eigenvalue weighted by atomic mass is 32.2. The van der Waals surface area contributed by atoms with Gasteiger partial charge < -0.3 is 0 Å². The summed E-state index contributed by atoms with van der Waals surface area (Å²) >= 11 is 1.92. The molecule has 1 spiro atoms. The number of amides is 1. The van der Waals surface area contributed by atoms with E-state index in [-0.39, 0.29) is 22.5 Å². The fourth-order valence-corrected chi connectivity index (χ4v) is 5.49. The first-order valence-electron chi connectivity index (χ1n) is 7.56. The highest BCUT2D eigenvalue weighted by Crippen LogP contribution is 2.53. The summed E-state index contributed by atoms with van der Waals surface area (Å²) in [6.45, 7) is 0.882. The van der Waals surface area contributed by atoms with Crippen LogP contribution in [0.15, 0.2) is 41.7 Å². The monoisotopic (exact) mass is 301 g/mol. The molecule has 3 heterocycles. The minimum Gasteiger partial charge on any atom is -0.293 e. The lowest BCUT2D eigenvalue weighted by molar-refractivity contribution is -0.129. The average molecular weight is 301 g/mol. The van der Waals surface area contributed by atoms with E-state index in [1.165, 1.54) is 5.71 Å². The summed E-state index contributed by atoms with van der Waals surface area (Å²) in [5.74, 6) is 1.34. The van der Waals surface area contributed by atoms with Gasteiger partial charge in [-0.1, -0.05) is 24.3 Å². The highest BCUT2D eigenvalue weighted by molar-refractivity contribution is 8.01. The molecule has 3 unspecified atom stereocenters. The summed E-state index contributed by atoms with van der Waals surface area (Å²) in [5, 5.41) is 1.90. The second-order valence-corrected chi connectivity index (χ2v) is 7.32. The molecular weight excluding hydrogens is 282 g/mol. The van der Waals surface area contributed by atoms with Crippen LogP contribution in [0, 0.1) is 11.8 Å². The highest BCUT2D eigenvalue weighted by Gasteiger charge is 2.54. The molecule has 0 radical (unpaired) electrons. The molecule has 3 aliphatic heterocycles. The molecule has 0 aromatic rings. The Kier molecular flexibility index (Phi) is 3.17. The standard InChI is InChI=1S/C16H19N3OS/c20-15(18-19-9-3-4-10-19)12-11-21-16-7-2-1-5-14(16)17-8-6-13(12)16/h1-3,6,8-9,12-13H,4-5,7,10-11H2,(H,18,20). The van der Waals surface area contributed by atoms with Crippen molar-refractivity contribution < 1.29 is 4.79 Å². The Morgan fingerprint density at radius 3 is 3.24 bits per heavy atom. The number of nitrogens with one attached hydrogen (secondary N) is 1. The Balaban J connectivity index is 1.55. The maximum atomic E-state index is 12.6. The Bertz CT molecular complexity index is 580. The third kappa shape index (κ3) is 2.06. The molecule has 0 aromatic heterocycles. The normalized spacial score (nSPS) is 36.4. The Labute approximate surface area is 129 Å². The van der Waals surface area contributed by atoms with Crippen molar-refractivity contribution in [1.82, 2.24) is 10.4 Å². The molecule has 5 heteroatoms. The number of hydrogen-bond donors (Lipinski definition) is 1. The predicted molar refractivity (Wildman–Crippen MR) is 85.7 cm³/mol. The van der Waals surface area contributed by atoms with E-state index >= 15 is 0 Å². The number of carbonyl (C=O) groups is 1. The first-order valence-corrected chi connectivity index (χ1v) is 8.55. The SMILES string of the molecule is O=C(NN1C=CCC1)C1CSC23CC=CCC2=NC=CC13. The van der Waals surface area contributed by atoms with Crippen molar-refractivity contribution >= 4 is 23.4 Å². The van der Waals surface area contributed by atoms with Gasteiger partial charge in [0.2, 0.25) is 5.91 Å². The van der Waals surface area contributed by atoms with Crippen LogP contribution in [0.3, 0.4) is 0 Å². The summed E-state index contributed by atoms with van der Waals surface area (Å²) in [5.41, 5.74) is 4.30. The first kappa shape index (κ1) is 13.2. The fourth-order valence-electron chi connectivity index (χ4n) is 3.70. The number of hydrazine groups is 1. The molecule has 0 aromatic carbocycles. The van der Waals surface area contributed by atoms with Gasteiger partial charge >= 0.3 is 0 Å². The van der Waals surface area contributed by atoms with E-state index in [0.717, 1.165) is 31.6 Å². The second-order valence-electron chi connectivity index (χ2n) is 5.97. The van der Waals surface area contributed by atoms with Gasteiger partial charge in [-0.25, -0.2) is 0 Å². The zero-order valence-corrected chi connectivity index (χ0v) is 12.7. The lowest BCUT2D eigenvalue weighted by atomic mass is 9.73. The summed E-state index contributed by atoms with van der Waals surface area (Å²) in [4.78, 5) is 17.2. The van der Waals surface area contributed by atoms with Crippen molar-refractivity contribution in [3.05, 3.63) is 36.7 Å². The van der Waals surface area contributed by atoms with E-state index in [4.69, 9.17) is 0 Å². The molecule has 110 valence electrons. The minimum absolute atomic E-state index is 0.0341. The van der Waals surface area contributed by atoms with Crippen LogP contribution in [0.4, 0.5) is 0 Å². The Morgan fingerprint density at radius 1 is 1.43 bits per heavy atom. The van der Waals surface area contributed by atoms with Crippen LogP contribution in [-0.2, 0) is 4.79 Å². The molecule has 0 bridgehead atoms. The Morgan fingerprint density at radius 2 is 2.38 bits per heavy atom. The number of hydrogen-bond acceptors (Lipinski definition) is 4. The summed E-state index contributed by atoms with van der Waals surface area (Å²) < 4.78 is 0.0341. The number of aliphatic imine (C=N–C) groups is 1. The quantitative estimate of drug-likeness (QED) is 0.796. The number of nitrogens with zero attached hydrogens (tertiary/aromatic N) is 2. The molecule has 1 fully saturated rings. The summed E-state index contributed by atoms with van der Waals surface area (Å²) in [6, 6.07) is 0. The first-order chi connectivity index (χ1) is 10.3. The zero-order valence-electron chi connectivity index (χ0n) is 11.9. The molecule has 4 nitrogen and oxygen atoms in total. The van der Waals surface area contributed by atoms with Gasteiger partial charge in [0.05, 0.1) is 10.7 Å². The van der Waals surface area contributed by atoms with Crippen LogP contribution >= 0.6 is 11.8 Å². The van der Waals surface area contributed by atoms with Crippen molar-refractivity contribution in [2.24, 2.45) is 16.8 Å². The van der Waals surface area contributed by atoms with Gasteiger partial charge in [-0.3, -0.25) is 20.2 Å². The lowest BCUT2D eigenvalue weighted by Crippen LogP contribution is -2.48. The molecule has 1 N–H and O–H groups in total.